The molecule has 17 heavy (non-hydrogen) atoms. The lowest BCUT2D eigenvalue weighted by molar-refractivity contribution is 0.181. The molecule has 1 aliphatic rings. The smallest absolute Gasteiger partial charge is 0.146 e. The van der Waals surface area contributed by atoms with Crippen molar-refractivity contribution in [1.29, 1.82) is 0 Å². The molecule has 0 saturated carbocycles. The zero-order valence-electron chi connectivity index (χ0n) is 10.5. The minimum atomic E-state index is -0.164. The molecule has 3 heteroatoms. The Labute approximate surface area is 102 Å². The Morgan fingerprint density at radius 1 is 1.53 bits per heavy atom. The molecule has 1 heterocycles. The predicted molar refractivity (Wildman–Crippen MR) is 67.8 cm³/mol. The Morgan fingerprint density at radius 3 is 2.94 bits per heavy atom. The zero-order chi connectivity index (χ0) is 12.3. The van der Waals surface area contributed by atoms with E-state index in [1.54, 1.807) is 6.07 Å². The number of hydrogen-bond acceptors (Lipinski definition) is 2. The monoisotopic (exact) mass is 237 g/mol. The number of ether oxygens (including phenoxy) is 1. The van der Waals surface area contributed by atoms with Crippen LogP contribution < -0.4 is 5.32 Å². The van der Waals surface area contributed by atoms with Gasteiger partial charge in [-0.3, -0.25) is 0 Å². The molecular weight excluding hydrogens is 217 g/mol. The molecule has 2 rings (SSSR count). The van der Waals surface area contributed by atoms with Crippen molar-refractivity contribution in [2.24, 2.45) is 5.92 Å². The minimum absolute atomic E-state index is 0.164. The SMILES string of the molecule is CCC(Nc1c(C)cccc1F)C1CCOC1. The molecule has 1 aromatic carbocycles. The van der Waals surface area contributed by atoms with E-state index in [-0.39, 0.29) is 5.82 Å². The summed E-state index contributed by atoms with van der Waals surface area (Å²) in [5.74, 6) is 0.335. The number of nitrogens with one attached hydrogen (secondary N) is 1. The van der Waals surface area contributed by atoms with Gasteiger partial charge in [0.25, 0.3) is 0 Å². The highest BCUT2D eigenvalue weighted by atomic mass is 19.1. The lowest BCUT2D eigenvalue weighted by Gasteiger charge is -2.24. The summed E-state index contributed by atoms with van der Waals surface area (Å²) < 4.78 is 19.1. The molecule has 2 unspecified atom stereocenters. The highest BCUT2D eigenvalue weighted by Crippen LogP contribution is 2.26. The van der Waals surface area contributed by atoms with E-state index in [1.807, 2.05) is 13.0 Å². The molecule has 1 aromatic rings. The first-order chi connectivity index (χ1) is 8.22. The summed E-state index contributed by atoms with van der Waals surface area (Å²) in [6, 6.07) is 5.49. The van der Waals surface area contributed by atoms with Crippen molar-refractivity contribution in [3.05, 3.63) is 29.6 Å². The molecule has 2 nitrogen and oxygen atoms in total. The van der Waals surface area contributed by atoms with E-state index in [1.165, 1.54) is 6.07 Å². The molecule has 0 radical (unpaired) electrons. The van der Waals surface area contributed by atoms with Gasteiger partial charge in [0.05, 0.1) is 12.3 Å². The maximum atomic E-state index is 13.7. The Bertz CT molecular complexity index is 354. The number of benzene rings is 1. The van der Waals surface area contributed by atoms with Gasteiger partial charge >= 0.3 is 0 Å². The van der Waals surface area contributed by atoms with E-state index in [0.717, 1.165) is 31.6 Å². The van der Waals surface area contributed by atoms with Crippen molar-refractivity contribution in [3.63, 3.8) is 0 Å². The normalized spacial score (nSPS) is 21.5. The first-order valence-electron chi connectivity index (χ1n) is 6.31. The summed E-state index contributed by atoms with van der Waals surface area (Å²) in [5, 5.41) is 3.35. The van der Waals surface area contributed by atoms with Gasteiger partial charge in [-0.1, -0.05) is 19.1 Å². The Morgan fingerprint density at radius 2 is 2.35 bits per heavy atom. The lowest BCUT2D eigenvalue weighted by Crippen LogP contribution is -2.29. The van der Waals surface area contributed by atoms with E-state index >= 15 is 0 Å². The Kier molecular flexibility index (Phi) is 4.00. The molecular formula is C14H20FNO. The van der Waals surface area contributed by atoms with Crippen LogP contribution in [0.5, 0.6) is 0 Å². The molecule has 0 aliphatic carbocycles. The summed E-state index contributed by atoms with van der Waals surface area (Å²) in [7, 11) is 0. The van der Waals surface area contributed by atoms with Crippen molar-refractivity contribution in [2.45, 2.75) is 32.7 Å². The molecule has 0 amide bonds. The molecule has 0 bridgehead atoms. The average molecular weight is 237 g/mol. The molecule has 0 spiro atoms. The summed E-state index contributed by atoms with van der Waals surface area (Å²) >= 11 is 0. The van der Waals surface area contributed by atoms with E-state index in [9.17, 15) is 4.39 Å². The van der Waals surface area contributed by atoms with Crippen LogP contribution in [0.4, 0.5) is 10.1 Å². The molecule has 0 aromatic heterocycles. The van der Waals surface area contributed by atoms with Crippen LogP contribution in [0, 0.1) is 18.7 Å². The highest BCUT2D eigenvalue weighted by molar-refractivity contribution is 5.52. The first-order valence-corrected chi connectivity index (χ1v) is 6.31. The van der Waals surface area contributed by atoms with E-state index < -0.39 is 0 Å². The third-order valence-corrected chi connectivity index (χ3v) is 3.53. The zero-order valence-corrected chi connectivity index (χ0v) is 10.5. The highest BCUT2D eigenvalue weighted by Gasteiger charge is 2.25. The predicted octanol–water partition coefficient (Wildman–Crippen LogP) is 3.36. The van der Waals surface area contributed by atoms with Crippen molar-refractivity contribution in [3.8, 4) is 0 Å². The van der Waals surface area contributed by atoms with Gasteiger partial charge in [-0.2, -0.15) is 0 Å². The van der Waals surface area contributed by atoms with Crippen LogP contribution in [-0.4, -0.2) is 19.3 Å². The quantitative estimate of drug-likeness (QED) is 0.867. The topological polar surface area (TPSA) is 21.3 Å². The number of anilines is 1. The lowest BCUT2D eigenvalue weighted by atomic mass is 9.96. The summed E-state index contributed by atoms with van der Waals surface area (Å²) in [6.07, 6.45) is 2.06. The van der Waals surface area contributed by atoms with Crippen LogP contribution in [0.1, 0.15) is 25.3 Å². The number of halogens is 1. The standard InChI is InChI=1S/C14H20FNO/c1-3-13(11-7-8-17-9-11)16-14-10(2)5-4-6-12(14)15/h4-6,11,13,16H,3,7-9H2,1-2H3. The maximum Gasteiger partial charge on any atom is 0.146 e. The van der Waals surface area contributed by atoms with Gasteiger partial charge in [-0.15, -0.1) is 0 Å². The minimum Gasteiger partial charge on any atom is -0.381 e. The van der Waals surface area contributed by atoms with Gasteiger partial charge in [-0.05, 0) is 31.4 Å². The third kappa shape index (κ3) is 2.78. The van der Waals surface area contributed by atoms with E-state index in [2.05, 4.69) is 12.2 Å². The molecule has 1 aliphatic heterocycles. The molecule has 1 fully saturated rings. The van der Waals surface area contributed by atoms with Crippen LogP contribution in [0.25, 0.3) is 0 Å². The molecule has 94 valence electrons. The van der Waals surface area contributed by atoms with Crippen LogP contribution in [0.2, 0.25) is 0 Å². The van der Waals surface area contributed by atoms with Gasteiger partial charge in [0.2, 0.25) is 0 Å². The second-order valence-corrected chi connectivity index (χ2v) is 4.71. The van der Waals surface area contributed by atoms with Crippen molar-refractivity contribution < 1.29 is 9.13 Å². The fourth-order valence-electron chi connectivity index (χ4n) is 2.42. The van der Waals surface area contributed by atoms with Gasteiger partial charge in [0.15, 0.2) is 0 Å². The van der Waals surface area contributed by atoms with E-state index in [4.69, 9.17) is 4.74 Å². The van der Waals surface area contributed by atoms with E-state index in [0.29, 0.717) is 17.6 Å². The number of para-hydroxylation sites is 1. The van der Waals surface area contributed by atoms with Gasteiger partial charge in [0, 0.05) is 18.6 Å². The molecule has 1 saturated heterocycles. The Hall–Kier alpha value is -1.09. The van der Waals surface area contributed by atoms with Crippen molar-refractivity contribution in [1.82, 2.24) is 0 Å². The second-order valence-electron chi connectivity index (χ2n) is 4.71. The number of rotatable bonds is 4. The summed E-state index contributed by atoms with van der Waals surface area (Å²) in [5.41, 5.74) is 1.61. The number of hydrogen-bond donors (Lipinski definition) is 1. The van der Waals surface area contributed by atoms with Crippen LogP contribution >= 0.6 is 0 Å². The van der Waals surface area contributed by atoms with Gasteiger partial charge < -0.3 is 10.1 Å². The summed E-state index contributed by atoms with van der Waals surface area (Å²) in [6.45, 7) is 5.69. The number of aryl methyl sites for hydroxylation is 1. The van der Waals surface area contributed by atoms with Gasteiger partial charge in [-0.25, -0.2) is 4.39 Å². The van der Waals surface area contributed by atoms with Crippen molar-refractivity contribution >= 4 is 5.69 Å². The fraction of sp³-hybridized carbons (Fsp3) is 0.571. The Balaban J connectivity index is 2.12. The largest absolute Gasteiger partial charge is 0.381 e. The molecule has 1 N–H and O–H groups in total. The average Bonchev–Trinajstić information content (AvgIpc) is 2.82. The first kappa shape index (κ1) is 12.4. The maximum absolute atomic E-state index is 13.7. The van der Waals surface area contributed by atoms with Crippen molar-refractivity contribution in [2.75, 3.05) is 18.5 Å². The van der Waals surface area contributed by atoms with Gasteiger partial charge in [0.1, 0.15) is 5.82 Å². The van der Waals surface area contributed by atoms with Crippen LogP contribution in [-0.2, 0) is 4.74 Å². The van der Waals surface area contributed by atoms with Crippen LogP contribution in [0.3, 0.4) is 0 Å². The second kappa shape index (κ2) is 5.50. The van der Waals surface area contributed by atoms with Crippen LogP contribution in [0.15, 0.2) is 18.2 Å². The fourth-order valence-corrected chi connectivity index (χ4v) is 2.42. The summed E-state index contributed by atoms with van der Waals surface area (Å²) in [4.78, 5) is 0. The molecule has 2 atom stereocenters. The third-order valence-electron chi connectivity index (χ3n) is 3.53.